The number of hydrogen-bond acceptors (Lipinski definition) is 4. The van der Waals surface area contributed by atoms with Gasteiger partial charge in [-0.25, -0.2) is 9.18 Å². The Labute approximate surface area is 117 Å². The lowest BCUT2D eigenvalue weighted by molar-refractivity contribution is 0.0527. The molecule has 0 aliphatic carbocycles. The summed E-state index contributed by atoms with van der Waals surface area (Å²) in [6, 6.07) is 4.69. The number of aromatic nitrogens is 1. The normalized spacial score (nSPS) is 10.6. The van der Waals surface area contributed by atoms with Crippen LogP contribution in [-0.4, -0.2) is 24.1 Å². The molecule has 0 fully saturated rings. The number of benzene rings is 1. The number of hydrogen-bond donors (Lipinski definition) is 1. The summed E-state index contributed by atoms with van der Waals surface area (Å²) in [6.07, 6.45) is 2.25. The van der Waals surface area contributed by atoms with E-state index in [0.717, 1.165) is 6.42 Å². The minimum atomic E-state index is -0.454. The van der Waals surface area contributed by atoms with Gasteiger partial charge in [-0.1, -0.05) is 19.1 Å². The Balaban J connectivity index is 2.59. The van der Waals surface area contributed by atoms with E-state index in [4.69, 9.17) is 4.74 Å². The molecule has 0 aliphatic rings. The van der Waals surface area contributed by atoms with Gasteiger partial charge in [0.05, 0.1) is 12.3 Å². The van der Waals surface area contributed by atoms with Crippen molar-refractivity contribution in [1.29, 1.82) is 0 Å². The quantitative estimate of drug-likeness (QED) is 0.851. The molecule has 1 aromatic heterocycles. The first-order valence-electron chi connectivity index (χ1n) is 6.67. The van der Waals surface area contributed by atoms with Crippen molar-refractivity contribution in [2.45, 2.75) is 20.3 Å². The maximum atomic E-state index is 13.8. The number of nitrogens with zero attached hydrogens (tertiary/aromatic N) is 1. The van der Waals surface area contributed by atoms with E-state index in [0.29, 0.717) is 23.2 Å². The van der Waals surface area contributed by atoms with Gasteiger partial charge in [-0.3, -0.25) is 4.98 Å². The molecule has 0 aliphatic heterocycles. The molecule has 0 spiro atoms. The number of para-hydroxylation sites is 1. The number of anilines is 1. The number of pyridine rings is 1. The summed E-state index contributed by atoms with van der Waals surface area (Å²) in [6.45, 7) is 4.72. The number of ether oxygens (including phenoxy) is 1. The van der Waals surface area contributed by atoms with E-state index in [1.807, 2.05) is 6.92 Å². The fraction of sp³-hybridized carbons (Fsp3) is 0.333. The van der Waals surface area contributed by atoms with Crippen molar-refractivity contribution in [3.05, 3.63) is 35.8 Å². The Morgan fingerprint density at radius 2 is 2.20 bits per heavy atom. The summed E-state index contributed by atoms with van der Waals surface area (Å²) in [7, 11) is 0. The van der Waals surface area contributed by atoms with Crippen LogP contribution in [0.5, 0.6) is 0 Å². The maximum Gasteiger partial charge on any atom is 0.341 e. The smallest absolute Gasteiger partial charge is 0.341 e. The minimum absolute atomic E-state index is 0.249. The zero-order chi connectivity index (χ0) is 14.5. The van der Waals surface area contributed by atoms with Crippen LogP contribution >= 0.6 is 0 Å². The van der Waals surface area contributed by atoms with Gasteiger partial charge in [0.25, 0.3) is 0 Å². The second kappa shape index (κ2) is 6.32. The largest absolute Gasteiger partial charge is 0.462 e. The third-order valence-electron chi connectivity index (χ3n) is 2.90. The summed E-state index contributed by atoms with van der Waals surface area (Å²) in [5, 5.41) is 3.75. The number of rotatable bonds is 5. The van der Waals surface area contributed by atoms with Gasteiger partial charge in [0, 0.05) is 18.1 Å². The molecule has 2 aromatic rings. The Bertz CT molecular complexity index is 629. The summed E-state index contributed by atoms with van der Waals surface area (Å²) < 4.78 is 18.8. The van der Waals surface area contributed by atoms with Crippen molar-refractivity contribution in [2.24, 2.45) is 0 Å². The van der Waals surface area contributed by atoms with Crippen LogP contribution < -0.4 is 5.32 Å². The molecule has 1 N–H and O–H groups in total. The van der Waals surface area contributed by atoms with E-state index < -0.39 is 11.8 Å². The number of halogens is 1. The van der Waals surface area contributed by atoms with Gasteiger partial charge in [0.2, 0.25) is 0 Å². The molecule has 106 valence electrons. The van der Waals surface area contributed by atoms with E-state index in [2.05, 4.69) is 10.3 Å². The topological polar surface area (TPSA) is 51.2 Å². The van der Waals surface area contributed by atoms with Crippen LogP contribution in [0.1, 0.15) is 30.6 Å². The number of carbonyl (C=O) groups is 1. The highest BCUT2D eigenvalue weighted by Crippen LogP contribution is 2.28. The van der Waals surface area contributed by atoms with Crippen LogP contribution in [0.2, 0.25) is 0 Å². The molecule has 4 nitrogen and oxygen atoms in total. The maximum absolute atomic E-state index is 13.8. The zero-order valence-corrected chi connectivity index (χ0v) is 11.6. The molecule has 1 heterocycles. The Morgan fingerprint density at radius 3 is 2.90 bits per heavy atom. The summed E-state index contributed by atoms with van der Waals surface area (Å²) >= 11 is 0. The molecule has 0 atom stereocenters. The van der Waals surface area contributed by atoms with Crippen molar-refractivity contribution in [3.63, 3.8) is 0 Å². The fourth-order valence-electron chi connectivity index (χ4n) is 1.99. The second-order valence-corrected chi connectivity index (χ2v) is 4.33. The molecule has 0 saturated heterocycles. The molecule has 0 radical (unpaired) electrons. The van der Waals surface area contributed by atoms with Crippen LogP contribution in [0.25, 0.3) is 10.9 Å². The molecule has 1 aromatic carbocycles. The van der Waals surface area contributed by atoms with Crippen molar-refractivity contribution in [3.8, 4) is 0 Å². The number of nitrogens with one attached hydrogen (secondary N) is 1. The van der Waals surface area contributed by atoms with Gasteiger partial charge in [-0.2, -0.15) is 0 Å². The van der Waals surface area contributed by atoms with E-state index in [-0.39, 0.29) is 12.1 Å². The molecule has 0 saturated carbocycles. The van der Waals surface area contributed by atoms with Gasteiger partial charge in [0.15, 0.2) is 0 Å². The highest BCUT2D eigenvalue weighted by Gasteiger charge is 2.17. The summed E-state index contributed by atoms with van der Waals surface area (Å²) in [5.74, 6) is -0.859. The van der Waals surface area contributed by atoms with Crippen LogP contribution in [0.3, 0.4) is 0 Å². The molecule has 20 heavy (non-hydrogen) atoms. The zero-order valence-electron chi connectivity index (χ0n) is 11.6. The summed E-state index contributed by atoms with van der Waals surface area (Å²) in [4.78, 5) is 16.0. The molecular weight excluding hydrogens is 259 g/mol. The van der Waals surface area contributed by atoms with Crippen LogP contribution in [0, 0.1) is 5.82 Å². The SMILES string of the molecule is CCCNc1c(C(=O)OCC)cnc2c(F)cccc12. The van der Waals surface area contributed by atoms with Crippen molar-refractivity contribution >= 4 is 22.6 Å². The van der Waals surface area contributed by atoms with Crippen LogP contribution in [-0.2, 0) is 4.74 Å². The average molecular weight is 276 g/mol. The van der Waals surface area contributed by atoms with Crippen LogP contribution in [0.4, 0.5) is 10.1 Å². The van der Waals surface area contributed by atoms with Gasteiger partial charge >= 0.3 is 5.97 Å². The Hall–Kier alpha value is -2.17. The predicted octanol–water partition coefficient (Wildman–Crippen LogP) is 3.37. The number of fused-ring (bicyclic) bond motifs is 1. The molecule has 2 rings (SSSR count). The fourth-order valence-corrected chi connectivity index (χ4v) is 1.99. The van der Waals surface area contributed by atoms with E-state index in [1.54, 1.807) is 19.1 Å². The first-order chi connectivity index (χ1) is 9.69. The monoisotopic (exact) mass is 276 g/mol. The van der Waals surface area contributed by atoms with Gasteiger partial charge in [0.1, 0.15) is 16.9 Å². The highest BCUT2D eigenvalue weighted by molar-refractivity contribution is 6.04. The molecule has 0 bridgehead atoms. The predicted molar refractivity (Wildman–Crippen MR) is 76.4 cm³/mol. The van der Waals surface area contributed by atoms with Gasteiger partial charge < -0.3 is 10.1 Å². The van der Waals surface area contributed by atoms with Gasteiger partial charge in [-0.15, -0.1) is 0 Å². The van der Waals surface area contributed by atoms with Crippen LogP contribution in [0.15, 0.2) is 24.4 Å². The van der Waals surface area contributed by atoms with E-state index in [1.165, 1.54) is 12.3 Å². The first-order valence-corrected chi connectivity index (χ1v) is 6.67. The molecule has 5 heteroatoms. The third-order valence-corrected chi connectivity index (χ3v) is 2.90. The third kappa shape index (κ3) is 2.71. The molecule has 0 amide bonds. The molecular formula is C15H17FN2O2. The standard InChI is InChI=1S/C15H17FN2O2/c1-3-8-17-13-10-6-5-7-12(16)14(10)18-9-11(13)15(19)20-4-2/h5-7,9H,3-4,8H2,1-2H3,(H,17,18). The average Bonchev–Trinajstić information content (AvgIpc) is 2.45. The highest BCUT2D eigenvalue weighted by atomic mass is 19.1. The van der Waals surface area contributed by atoms with Crippen molar-refractivity contribution in [2.75, 3.05) is 18.5 Å². The van der Waals surface area contributed by atoms with Crippen molar-refractivity contribution < 1.29 is 13.9 Å². The lowest BCUT2D eigenvalue weighted by Crippen LogP contribution is -2.12. The van der Waals surface area contributed by atoms with Crippen molar-refractivity contribution in [1.82, 2.24) is 4.98 Å². The van der Waals surface area contributed by atoms with E-state index >= 15 is 0 Å². The first kappa shape index (κ1) is 14.2. The molecule has 0 unspecified atom stereocenters. The lowest BCUT2D eigenvalue weighted by atomic mass is 10.1. The minimum Gasteiger partial charge on any atom is -0.462 e. The number of carbonyl (C=O) groups excluding carboxylic acids is 1. The van der Waals surface area contributed by atoms with E-state index in [9.17, 15) is 9.18 Å². The Morgan fingerprint density at radius 1 is 1.40 bits per heavy atom. The van der Waals surface area contributed by atoms with Gasteiger partial charge in [-0.05, 0) is 19.4 Å². The lowest BCUT2D eigenvalue weighted by Gasteiger charge is -2.13. The Kier molecular flexibility index (Phi) is 4.50. The number of esters is 1. The summed E-state index contributed by atoms with van der Waals surface area (Å²) in [5.41, 5.74) is 1.16. The second-order valence-electron chi connectivity index (χ2n) is 4.33.